The third kappa shape index (κ3) is 2.82. The number of ether oxygens (including phenoxy) is 1. The number of hydrogen-bond donors (Lipinski definition) is 1. The fraction of sp³-hybridized carbons (Fsp3) is 0.308. The lowest BCUT2D eigenvalue weighted by Crippen LogP contribution is -2.34. The van der Waals surface area contributed by atoms with E-state index in [1.807, 2.05) is 5.38 Å². The number of thiazole rings is 1. The summed E-state index contributed by atoms with van der Waals surface area (Å²) >= 11 is 13.3. The number of halogens is 3. The van der Waals surface area contributed by atoms with Crippen LogP contribution in [0.4, 0.5) is 4.39 Å². The van der Waals surface area contributed by atoms with Crippen molar-refractivity contribution in [2.75, 3.05) is 19.8 Å². The molecule has 7 heteroatoms. The van der Waals surface area contributed by atoms with E-state index >= 15 is 0 Å². The van der Waals surface area contributed by atoms with E-state index in [0.717, 1.165) is 11.6 Å². The van der Waals surface area contributed by atoms with Gasteiger partial charge < -0.3 is 10.1 Å². The first-order valence-electron chi connectivity index (χ1n) is 6.06. The van der Waals surface area contributed by atoms with Crippen LogP contribution in [0.1, 0.15) is 11.0 Å². The molecule has 0 aliphatic carbocycles. The number of nitrogens with one attached hydrogen (secondary N) is 1. The number of aromatic nitrogens is 1. The van der Waals surface area contributed by atoms with Crippen molar-refractivity contribution >= 4 is 34.5 Å². The van der Waals surface area contributed by atoms with Crippen molar-refractivity contribution in [2.45, 2.75) is 6.04 Å². The summed E-state index contributed by atoms with van der Waals surface area (Å²) in [4.78, 5) is 4.52. The minimum absolute atomic E-state index is 0.0107. The van der Waals surface area contributed by atoms with Crippen LogP contribution < -0.4 is 5.32 Å². The lowest BCUT2D eigenvalue weighted by molar-refractivity contribution is 0.0768. The van der Waals surface area contributed by atoms with Crippen LogP contribution in [0.15, 0.2) is 17.5 Å². The molecule has 0 bridgehead atoms. The first-order valence-corrected chi connectivity index (χ1v) is 7.70. The second-order valence-corrected chi connectivity index (χ2v) is 6.10. The van der Waals surface area contributed by atoms with Gasteiger partial charge in [0, 0.05) is 17.5 Å². The number of nitrogens with zero attached hydrogens (tertiary/aromatic N) is 1. The minimum atomic E-state index is -0.500. The van der Waals surface area contributed by atoms with E-state index in [4.69, 9.17) is 27.9 Å². The summed E-state index contributed by atoms with van der Waals surface area (Å²) in [7, 11) is 0. The predicted octanol–water partition coefficient (Wildman–Crippen LogP) is 3.92. The van der Waals surface area contributed by atoms with E-state index in [9.17, 15) is 4.39 Å². The summed E-state index contributed by atoms with van der Waals surface area (Å²) in [6.45, 7) is 2.11. The summed E-state index contributed by atoms with van der Waals surface area (Å²) in [6.07, 6.45) is 0. The number of benzene rings is 1. The fourth-order valence-corrected chi connectivity index (χ4v) is 3.37. The standard InChI is InChI=1S/C13H11Cl2FN2OS/c14-8-4-9(15)10(16)3-7(8)12-6-20-13(18-12)11-5-19-2-1-17-11/h3-4,6,11,17H,1-2,5H2. The highest BCUT2D eigenvalue weighted by Crippen LogP contribution is 2.34. The molecule has 2 aromatic rings. The monoisotopic (exact) mass is 332 g/mol. The quantitative estimate of drug-likeness (QED) is 0.846. The van der Waals surface area contributed by atoms with Gasteiger partial charge in [-0.15, -0.1) is 11.3 Å². The van der Waals surface area contributed by atoms with Crippen LogP contribution >= 0.6 is 34.5 Å². The van der Waals surface area contributed by atoms with Gasteiger partial charge in [-0.25, -0.2) is 9.37 Å². The molecule has 3 nitrogen and oxygen atoms in total. The zero-order valence-electron chi connectivity index (χ0n) is 10.3. The lowest BCUT2D eigenvalue weighted by Gasteiger charge is -2.21. The van der Waals surface area contributed by atoms with Crippen molar-refractivity contribution in [3.8, 4) is 11.3 Å². The van der Waals surface area contributed by atoms with Crippen LogP contribution in [0.25, 0.3) is 11.3 Å². The van der Waals surface area contributed by atoms with Gasteiger partial charge >= 0.3 is 0 Å². The third-order valence-electron chi connectivity index (χ3n) is 3.03. The van der Waals surface area contributed by atoms with Gasteiger partial charge in [0.1, 0.15) is 10.8 Å². The van der Waals surface area contributed by atoms with Crippen molar-refractivity contribution in [3.63, 3.8) is 0 Å². The van der Waals surface area contributed by atoms with E-state index in [1.54, 1.807) is 0 Å². The second kappa shape index (κ2) is 5.95. The van der Waals surface area contributed by atoms with Crippen LogP contribution in [0.3, 0.4) is 0 Å². The average molecular weight is 333 g/mol. The van der Waals surface area contributed by atoms with Gasteiger partial charge in [0.2, 0.25) is 0 Å². The van der Waals surface area contributed by atoms with E-state index < -0.39 is 5.82 Å². The third-order valence-corrected chi connectivity index (χ3v) is 4.59. The first-order chi connectivity index (χ1) is 9.65. The van der Waals surface area contributed by atoms with Gasteiger partial charge in [-0.1, -0.05) is 23.2 Å². The first kappa shape index (κ1) is 14.2. The highest BCUT2D eigenvalue weighted by molar-refractivity contribution is 7.10. The lowest BCUT2D eigenvalue weighted by atomic mass is 10.1. The molecule has 106 valence electrons. The molecule has 1 aromatic heterocycles. The summed E-state index contributed by atoms with van der Waals surface area (Å²) in [5.41, 5.74) is 1.20. The van der Waals surface area contributed by atoms with Crippen LogP contribution in [0, 0.1) is 5.82 Å². The summed E-state index contributed by atoms with van der Waals surface area (Å²) in [5, 5.41) is 6.50. The average Bonchev–Trinajstić information content (AvgIpc) is 2.93. The van der Waals surface area contributed by atoms with Gasteiger partial charge in [0.15, 0.2) is 0 Å². The Hall–Kier alpha value is -0.720. The van der Waals surface area contributed by atoms with Crippen molar-refractivity contribution in [3.05, 3.63) is 38.4 Å². The molecule has 3 rings (SSSR count). The number of rotatable bonds is 2. The molecule has 1 aromatic carbocycles. The highest BCUT2D eigenvalue weighted by Gasteiger charge is 2.20. The van der Waals surface area contributed by atoms with E-state index in [1.165, 1.54) is 23.5 Å². The molecule has 1 saturated heterocycles. The van der Waals surface area contributed by atoms with Crippen LogP contribution in [-0.2, 0) is 4.74 Å². The molecule has 0 radical (unpaired) electrons. The topological polar surface area (TPSA) is 34.1 Å². The van der Waals surface area contributed by atoms with Crippen LogP contribution in [0.5, 0.6) is 0 Å². The Kier molecular flexibility index (Phi) is 4.23. The second-order valence-electron chi connectivity index (χ2n) is 4.40. The molecule has 20 heavy (non-hydrogen) atoms. The summed E-state index contributed by atoms with van der Waals surface area (Å²) in [5.74, 6) is -0.500. The summed E-state index contributed by atoms with van der Waals surface area (Å²) < 4.78 is 19.0. The molecule has 2 heterocycles. The molecule has 0 spiro atoms. The smallest absolute Gasteiger partial charge is 0.142 e. The van der Waals surface area contributed by atoms with E-state index in [0.29, 0.717) is 29.5 Å². The largest absolute Gasteiger partial charge is 0.378 e. The Bertz CT molecular complexity index is 629. The molecular formula is C13H11Cl2FN2OS. The fourth-order valence-electron chi connectivity index (χ4n) is 2.01. The Morgan fingerprint density at radius 2 is 2.20 bits per heavy atom. The molecular weight excluding hydrogens is 322 g/mol. The molecule has 1 N–H and O–H groups in total. The van der Waals surface area contributed by atoms with Gasteiger partial charge in [-0.3, -0.25) is 0 Å². The zero-order chi connectivity index (χ0) is 14.1. The van der Waals surface area contributed by atoms with Gasteiger partial charge in [0.25, 0.3) is 0 Å². The van der Waals surface area contributed by atoms with Crippen molar-refractivity contribution in [1.82, 2.24) is 10.3 Å². The number of morpholine rings is 1. The maximum absolute atomic E-state index is 13.6. The maximum Gasteiger partial charge on any atom is 0.142 e. The SMILES string of the molecule is Fc1cc(-c2csc(C3COCCN3)n2)c(Cl)cc1Cl. The maximum atomic E-state index is 13.6. The normalized spacial score (nSPS) is 19.2. The molecule has 1 aliphatic rings. The van der Waals surface area contributed by atoms with Crippen molar-refractivity contribution < 1.29 is 9.13 Å². The molecule has 1 unspecified atom stereocenters. The Labute approximate surface area is 129 Å². The van der Waals surface area contributed by atoms with Crippen molar-refractivity contribution in [1.29, 1.82) is 0 Å². The Morgan fingerprint density at radius 1 is 1.35 bits per heavy atom. The van der Waals surface area contributed by atoms with Crippen molar-refractivity contribution in [2.24, 2.45) is 0 Å². The molecule has 0 saturated carbocycles. The molecule has 1 atom stereocenters. The van der Waals surface area contributed by atoms with Gasteiger partial charge in [-0.2, -0.15) is 0 Å². The van der Waals surface area contributed by atoms with Gasteiger partial charge in [-0.05, 0) is 12.1 Å². The van der Waals surface area contributed by atoms with E-state index in [-0.39, 0.29) is 11.1 Å². The van der Waals surface area contributed by atoms with E-state index in [2.05, 4.69) is 10.3 Å². The zero-order valence-corrected chi connectivity index (χ0v) is 12.7. The highest BCUT2D eigenvalue weighted by atomic mass is 35.5. The summed E-state index contributed by atoms with van der Waals surface area (Å²) in [6, 6.07) is 2.79. The van der Waals surface area contributed by atoms with Gasteiger partial charge in [0.05, 0.1) is 35.0 Å². The molecule has 1 aliphatic heterocycles. The van der Waals surface area contributed by atoms with Crippen LogP contribution in [0.2, 0.25) is 10.0 Å². The van der Waals surface area contributed by atoms with Crippen LogP contribution in [-0.4, -0.2) is 24.7 Å². The predicted molar refractivity (Wildman–Crippen MR) is 79.1 cm³/mol. The Balaban J connectivity index is 1.91. The molecule has 0 amide bonds. The molecule has 1 fully saturated rings. The minimum Gasteiger partial charge on any atom is -0.378 e. The Morgan fingerprint density at radius 3 is 2.95 bits per heavy atom. The number of hydrogen-bond acceptors (Lipinski definition) is 4.